The van der Waals surface area contributed by atoms with Crippen LogP contribution in [-0.4, -0.2) is 29.9 Å². The Labute approximate surface area is 115 Å². The summed E-state index contributed by atoms with van der Waals surface area (Å²) in [6.07, 6.45) is 0. The number of hydrogen-bond acceptors (Lipinski definition) is 5. The Bertz CT molecular complexity index is 555. The van der Waals surface area contributed by atoms with Crippen LogP contribution in [0, 0.1) is 6.92 Å². The van der Waals surface area contributed by atoms with Crippen LogP contribution in [0.4, 0.5) is 5.69 Å². The van der Waals surface area contributed by atoms with Crippen LogP contribution < -0.4 is 5.43 Å². The Morgan fingerprint density at radius 2 is 2.05 bits per heavy atom. The highest BCUT2D eigenvalue weighted by atomic mass is 35.5. The Kier molecular flexibility index (Phi) is 4.88. The molecule has 7 heteroatoms. The van der Waals surface area contributed by atoms with Crippen molar-refractivity contribution in [2.45, 2.75) is 13.8 Å². The fourth-order valence-corrected chi connectivity index (χ4v) is 1.55. The first kappa shape index (κ1) is 15.0. The van der Waals surface area contributed by atoms with Crippen molar-refractivity contribution in [2.24, 2.45) is 5.10 Å². The van der Waals surface area contributed by atoms with Crippen molar-refractivity contribution in [1.82, 2.24) is 0 Å². The SMILES string of the molecule is COC(=O)c1cc(N/N=C(\C)C(=O)O)c(C)cc1Cl. The van der Waals surface area contributed by atoms with E-state index in [1.165, 1.54) is 20.1 Å². The van der Waals surface area contributed by atoms with E-state index in [9.17, 15) is 9.59 Å². The van der Waals surface area contributed by atoms with Gasteiger partial charge >= 0.3 is 11.9 Å². The van der Waals surface area contributed by atoms with E-state index in [2.05, 4.69) is 15.3 Å². The second-order valence-corrected chi connectivity index (χ2v) is 4.16. The van der Waals surface area contributed by atoms with E-state index in [-0.39, 0.29) is 16.3 Å². The molecule has 1 aromatic rings. The first-order chi connectivity index (χ1) is 8.86. The maximum atomic E-state index is 11.5. The van der Waals surface area contributed by atoms with Gasteiger partial charge in [0.05, 0.1) is 23.4 Å². The van der Waals surface area contributed by atoms with Crippen molar-refractivity contribution in [2.75, 3.05) is 12.5 Å². The second kappa shape index (κ2) is 6.19. The second-order valence-electron chi connectivity index (χ2n) is 3.75. The average Bonchev–Trinajstić information content (AvgIpc) is 2.36. The summed E-state index contributed by atoms with van der Waals surface area (Å²) in [6, 6.07) is 3.03. The van der Waals surface area contributed by atoms with Crippen LogP contribution in [0.3, 0.4) is 0 Å². The van der Waals surface area contributed by atoms with Crippen LogP contribution in [0.15, 0.2) is 17.2 Å². The summed E-state index contributed by atoms with van der Waals surface area (Å²) >= 11 is 5.93. The van der Waals surface area contributed by atoms with Gasteiger partial charge in [-0.15, -0.1) is 0 Å². The zero-order valence-electron chi connectivity index (χ0n) is 10.7. The monoisotopic (exact) mass is 284 g/mol. The maximum Gasteiger partial charge on any atom is 0.351 e. The molecule has 0 aliphatic rings. The molecule has 0 aliphatic heterocycles. The molecule has 0 heterocycles. The van der Waals surface area contributed by atoms with Crippen molar-refractivity contribution in [3.63, 3.8) is 0 Å². The molecule has 0 unspecified atom stereocenters. The number of benzene rings is 1. The first-order valence-electron chi connectivity index (χ1n) is 5.29. The van der Waals surface area contributed by atoms with Gasteiger partial charge in [0.1, 0.15) is 5.71 Å². The maximum absolute atomic E-state index is 11.5. The number of aryl methyl sites for hydroxylation is 1. The van der Waals surface area contributed by atoms with Crippen molar-refractivity contribution < 1.29 is 19.4 Å². The molecule has 0 aromatic heterocycles. The van der Waals surface area contributed by atoms with E-state index in [0.717, 1.165) is 5.56 Å². The Hall–Kier alpha value is -2.08. The topological polar surface area (TPSA) is 88.0 Å². The third-order valence-corrected chi connectivity index (χ3v) is 2.69. The van der Waals surface area contributed by atoms with Crippen molar-refractivity contribution in [3.05, 3.63) is 28.3 Å². The van der Waals surface area contributed by atoms with E-state index in [1.54, 1.807) is 13.0 Å². The molecule has 1 rings (SSSR count). The van der Waals surface area contributed by atoms with Crippen molar-refractivity contribution in [1.29, 1.82) is 0 Å². The summed E-state index contributed by atoms with van der Waals surface area (Å²) in [5.41, 5.74) is 3.86. The minimum atomic E-state index is -1.13. The zero-order valence-corrected chi connectivity index (χ0v) is 11.4. The number of carboxylic acids is 1. The Morgan fingerprint density at radius 1 is 1.42 bits per heavy atom. The molecule has 0 aliphatic carbocycles. The van der Waals surface area contributed by atoms with Gasteiger partial charge in [-0.1, -0.05) is 11.6 Å². The average molecular weight is 285 g/mol. The Morgan fingerprint density at radius 3 is 2.58 bits per heavy atom. The number of hydrogen-bond donors (Lipinski definition) is 2. The summed E-state index contributed by atoms with van der Waals surface area (Å²) < 4.78 is 4.59. The lowest BCUT2D eigenvalue weighted by molar-refractivity contribution is -0.129. The van der Waals surface area contributed by atoms with Gasteiger partial charge in [0.15, 0.2) is 0 Å². The molecule has 0 saturated carbocycles. The summed E-state index contributed by atoms with van der Waals surface area (Å²) in [5, 5.41) is 12.6. The largest absolute Gasteiger partial charge is 0.477 e. The summed E-state index contributed by atoms with van der Waals surface area (Å²) in [5.74, 6) is -1.71. The minimum absolute atomic E-state index is 0.103. The number of aliphatic carboxylic acids is 1. The van der Waals surface area contributed by atoms with Gasteiger partial charge in [-0.25, -0.2) is 9.59 Å². The van der Waals surface area contributed by atoms with E-state index >= 15 is 0 Å². The molecular weight excluding hydrogens is 272 g/mol. The van der Waals surface area contributed by atoms with E-state index in [0.29, 0.717) is 5.69 Å². The number of halogens is 1. The Balaban J connectivity index is 3.12. The number of methoxy groups -OCH3 is 1. The fraction of sp³-hybridized carbons (Fsp3) is 0.250. The van der Waals surface area contributed by atoms with Crippen LogP contribution >= 0.6 is 11.6 Å². The summed E-state index contributed by atoms with van der Waals surface area (Å²) in [7, 11) is 1.25. The van der Waals surface area contributed by atoms with E-state index in [4.69, 9.17) is 16.7 Å². The van der Waals surface area contributed by atoms with Gasteiger partial charge in [0, 0.05) is 0 Å². The zero-order chi connectivity index (χ0) is 14.6. The van der Waals surface area contributed by atoms with Gasteiger partial charge in [-0.05, 0) is 31.5 Å². The predicted molar refractivity (Wildman–Crippen MR) is 71.9 cm³/mol. The quantitative estimate of drug-likeness (QED) is 0.503. The lowest BCUT2D eigenvalue weighted by Crippen LogP contribution is -2.11. The van der Waals surface area contributed by atoms with Crippen molar-refractivity contribution in [3.8, 4) is 0 Å². The number of ether oxygens (including phenoxy) is 1. The number of nitrogens with one attached hydrogen (secondary N) is 1. The van der Waals surface area contributed by atoms with Crippen LogP contribution in [0.1, 0.15) is 22.8 Å². The fourth-order valence-electron chi connectivity index (χ4n) is 1.25. The lowest BCUT2D eigenvalue weighted by Gasteiger charge is -2.09. The van der Waals surface area contributed by atoms with Gasteiger partial charge in [0.2, 0.25) is 0 Å². The number of carbonyl (C=O) groups is 2. The highest BCUT2D eigenvalue weighted by Crippen LogP contribution is 2.25. The predicted octanol–water partition coefficient (Wildman–Crippen LogP) is 2.31. The van der Waals surface area contributed by atoms with Gasteiger partial charge in [0.25, 0.3) is 0 Å². The number of nitrogens with zero attached hydrogens (tertiary/aromatic N) is 1. The van der Waals surface area contributed by atoms with Crippen LogP contribution in [0.25, 0.3) is 0 Å². The van der Waals surface area contributed by atoms with E-state index < -0.39 is 11.9 Å². The highest BCUT2D eigenvalue weighted by Gasteiger charge is 2.13. The molecule has 19 heavy (non-hydrogen) atoms. The third-order valence-electron chi connectivity index (χ3n) is 2.37. The lowest BCUT2D eigenvalue weighted by atomic mass is 10.1. The third kappa shape index (κ3) is 3.69. The molecule has 0 bridgehead atoms. The molecule has 0 spiro atoms. The standard InChI is InChI=1S/C12H13ClN2O4/c1-6-4-9(13)8(12(18)19-3)5-10(6)15-14-7(2)11(16)17/h4-5,15H,1-3H3,(H,16,17)/b14-7+. The number of esters is 1. The molecule has 0 saturated heterocycles. The minimum Gasteiger partial charge on any atom is -0.477 e. The molecule has 1 aromatic carbocycles. The van der Waals surface area contributed by atoms with Crippen molar-refractivity contribution >= 4 is 34.9 Å². The highest BCUT2D eigenvalue weighted by molar-refractivity contribution is 6.35. The van der Waals surface area contributed by atoms with Crippen LogP contribution in [-0.2, 0) is 9.53 Å². The molecule has 0 radical (unpaired) electrons. The summed E-state index contributed by atoms with van der Waals surface area (Å²) in [6.45, 7) is 3.10. The number of anilines is 1. The summed E-state index contributed by atoms with van der Waals surface area (Å²) in [4.78, 5) is 22.1. The van der Waals surface area contributed by atoms with Gasteiger partial charge in [-0.3, -0.25) is 5.43 Å². The molecule has 0 amide bonds. The van der Waals surface area contributed by atoms with Gasteiger partial charge in [-0.2, -0.15) is 5.10 Å². The number of rotatable bonds is 4. The normalized spacial score (nSPS) is 11.1. The molecule has 102 valence electrons. The number of carboxylic acid groups (broad SMARTS) is 1. The molecule has 2 N–H and O–H groups in total. The smallest absolute Gasteiger partial charge is 0.351 e. The van der Waals surface area contributed by atoms with Crippen LogP contribution in [0.2, 0.25) is 5.02 Å². The molecule has 0 atom stereocenters. The number of carbonyl (C=O) groups excluding carboxylic acids is 1. The van der Waals surface area contributed by atoms with Gasteiger partial charge < -0.3 is 9.84 Å². The number of hydrazone groups is 1. The van der Waals surface area contributed by atoms with Crippen LogP contribution in [0.5, 0.6) is 0 Å². The first-order valence-corrected chi connectivity index (χ1v) is 5.66. The molecule has 6 nitrogen and oxygen atoms in total. The van der Waals surface area contributed by atoms with E-state index in [1.807, 2.05) is 0 Å². The molecular formula is C12H13ClN2O4. The molecule has 0 fully saturated rings.